The van der Waals surface area contributed by atoms with E-state index >= 15 is 0 Å². The molecule has 2 aliphatic heterocycles. The van der Waals surface area contributed by atoms with Gasteiger partial charge in [0.1, 0.15) is 5.54 Å². The van der Waals surface area contributed by atoms with Gasteiger partial charge in [-0.15, -0.1) is 0 Å². The molecule has 2 amide bonds. The number of carbonyl (C=O) groups excluding carboxylic acids is 2. The number of fused-ring (bicyclic) bond motifs is 1. The summed E-state index contributed by atoms with van der Waals surface area (Å²) in [5.41, 5.74) is 1.25. The average Bonchev–Trinajstić information content (AvgIpc) is 2.56. The van der Waals surface area contributed by atoms with Gasteiger partial charge in [-0.3, -0.25) is 14.5 Å². The zero-order chi connectivity index (χ0) is 17.2. The summed E-state index contributed by atoms with van der Waals surface area (Å²) in [6.45, 7) is 6.74. The highest BCUT2D eigenvalue weighted by molar-refractivity contribution is 6.06. The van der Waals surface area contributed by atoms with E-state index in [1.807, 2.05) is 24.3 Å². The second kappa shape index (κ2) is 6.81. The number of likely N-dealkylation sites (tertiary alicyclic amines) is 1. The molecule has 0 atom stereocenters. The molecule has 0 aromatic heterocycles. The smallest absolute Gasteiger partial charge is 0.250 e. The molecule has 0 aliphatic carbocycles. The highest BCUT2D eigenvalue weighted by atomic mass is 16.2. The first-order chi connectivity index (χ1) is 11.5. The molecule has 2 heterocycles. The first kappa shape index (κ1) is 16.8. The van der Waals surface area contributed by atoms with Crippen LogP contribution in [0, 0.1) is 5.92 Å². The van der Waals surface area contributed by atoms with Crippen LogP contribution in [0.3, 0.4) is 0 Å². The number of hydrogen-bond donors (Lipinski definition) is 3. The molecule has 130 valence electrons. The van der Waals surface area contributed by atoms with Crippen LogP contribution >= 0.6 is 0 Å². The Hall–Kier alpha value is -2.08. The van der Waals surface area contributed by atoms with Gasteiger partial charge in [-0.25, -0.2) is 0 Å². The Balaban J connectivity index is 1.57. The number of anilines is 2. The van der Waals surface area contributed by atoms with Crippen molar-refractivity contribution in [1.29, 1.82) is 0 Å². The summed E-state index contributed by atoms with van der Waals surface area (Å²) in [5.74, 6) is 0.546. The van der Waals surface area contributed by atoms with E-state index in [1.165, 1.54) is 0 Å². The van der Waals surface area contributed by atoms with E-state index in [4.69, 9.17) is 0 Å². The van der Waals surface area contributed by atoms with Crippen LogP contribution in [0.25, 0.3) is 0 Å². The van der Waals surface area contributed by atoms with E-state index in [-0.39, 0.29) is 11.8 Å². The number of nitrogens with zero attached hydrogens (tertiary/aromatic N) is 1. The van der Waals surface area contributed by atoms with Gasteiger partial charge in [-0.2, -0.15) is 0 Å². The standard InChI is InChI=1S/C18H26N4O2/c1-13(2)11-19-16(23)12-22-9-7-18(8-10-22)17(24)20-14-5-3-4-6-15(14)21-18/h3-6,13,21H,7-12H2,1-2H3,(H,19,23)(H,20,24). The minimum Gasteiger partial charge on any atom is -0.369 e. The molecule has 1 saturated heterocycles. The van der Waals surface area contributed by atoms with Gasteiger partial charge in [-0.05, 0) is 30.9 Å². The van der Waals surface area contributed by atoms with E-state index in [0.717, 1.165) is 24.5 Å². The number of para-hydroxylation sites is 2. The number of amides is 2. The molecule has 0 unspecified atom stereocenters. The second-order valence-corrected chi connectivity index (χ2v) is 7.18. The largest absolute Gasteiger partial charge is 0.369 e. The summed E-state index contributed by atoms with van der Waals surface area (Å²) in [5, 5.41) is 9.39. The monoisotopic (exact) mass is 330 g/mol. The topological polar surface area (TPSA) is 73.5 Å². The van der Waals surface area contributed by atoms with Crippen molar-refractivity contribution in [1.82, 2.24) is 10.2 Å². The van der Waals surface area contributed by atoms with E-state index < -0.39 is 5.54 Å². The van der Waals surface area contributed by atoms with Gasteiger partial charge >= 0.3 is 0 Å². The summed E-state index contributed by atoms with van der Waals surface area (Å²) >= 11 is 0. The normalized spacial score (nSPS) is 19.5. The van der Waals surface area contributed by atoms with Crippen LogP contribution in [-0.4, -0.2) is 48.4 Å². The van der Waals surface area contributed by atoms with Crippen LogP contribution in [0.4, 0.5) is 11.4 Å². The molecule has 1 fully saturated rings. The molecule has 0 bridgehead atoms. The lowest BCUT2D eigenvalue weighted by molar-refractivity contribution is -0.124. The number of benzene rings is 1. The fourth-order valence-electron chi connectivity index (χ4n) is 3.28. The maximum Gasteiger partial charge on any atom is 0.250 e. The Bertz CT molecular complexity index is 621. The first-order valence-electron chi connectivity index (χ1n) is 8.66. The lowest BCUT2D eigenvalue weighted by Crippen LogP contribution is -2.59. The van der Waals surface area contributed by atoms with Crippen LogP contribution in [0.2, 0.25) is 0 Å². The zero-order valence-electron chi connectivity index (χ0n) is 14.4. The molecule has 24 heavy (non-hydrogen) atoms. The minimum absolute atomic E-state index is 0.0325. The van der Waals surface area contributed by atoms with Crippen LogP contribution in [-0.2, 0) is 9.59 Å². The minimum atomic E-state index is -0.556. The number of carbonyl (C=O) groups is 2. The lowest BCUT2D eigenvalue weighted by atomic mass is 9.84. The molecule has 1 spiro atoms. The Labute approximate surface area is 143 Å². The lowest BCUT2D eigenvalue weighted by Gasteiger charge is -2.44. The fourth-order valence-corrected chi connectivity index (χ4v) is 3.28. The molecule has 1 aromatic rings. The van der Waals surface area contributed by atoms with Crippen molar-refractivity contribution in [2.45, 2.75) is 32.2 Å². The summed E-state index contributed by atoms with van der Waals surface area (Å²) in [6.07, 6.45) is 1.40. The number of piperidine rings is 1. The van der Waals surface area contributed by atoms with E-state index in [9.17, 15) is 9.59 Å². The molecule has 0 radical (unpaired) electrons. The maximum absolute atomic E-state index is 12.6. The van der Waals surface area contributed by atoms with Crippen molar-refractivity contribution in [2.24, 2.45) is 5.92 Å². The quantitative estimate of drug-likeness (QED) is 0.785. The highest BCUT2D eigenvalue weighted by Gasteiger charge is 2.44. The molecule has 6 nitrogen and oxygen atoms in total. The van der Waals surface area contributed by atoms with Gasteiger partial charge in [0.2, 0.25) is 11.8 Å². The fraction of sp³-hybridized carbons (Fsp3) is 0.556. The molecule has 1 aromatic carbocycles. The van der Waals surface area contributed by atoms with Gasteiger partial charge < -0.3 is 16.0 Å². The molecular weight excluding hydrogens is 304 g/mol. The Morgan fingerprint density at radius 1 is 1.25 bits per heavy atom. The molecule has 3 rings (SSSR count). The van der Waals surface area contributed by atoms with Crippen molar-refractivity contribution >= 4 is 23.2 Å². The molecule has 0 saturated carbocycles. The summed E-state index contributed by atoms with van der Waals surface area (Å²) < 4.78 is 0. The second-order valence-electron chi connectivity index (χ2n) is 7.18. The third kappa shape index (κ3) is 3.53. The Morgan fingerprint density at radius 3 is 2.58 bits per heavy atom. The van der Waals surface area contributed by atoms with E-state index in [2.05, 4.69) is 34.7 Å². The Morgan fingerprint density at radius 2 is 1.92 bits per heavy atom. The number of rotatable bonds is 4. The van der Waals surface area contributed by atoms with Crippen molar-refractivity contribution in [3.8, 4) is 0 Å². The van der Waals surface area contributed by atoms with Crippen molar-refractivity contribution in [2.75, 3.05) is 36.8 Å². The maximum atomic E-state index is 12.6. The van der Waals surface area contributed by atoms with Crippen LogP contribution < -0.4 is 16.0 Å². The van der Waals surface area contributed by atoms with E-state index in [0.29, 0.717) is 31.8 Å². The number of nitrogens with one attached hydrogen (secondary N) is 3. The molecule has 3 N–H and O–H groups in total. The van der Waals surface area contributed by atoms with Crippen molar-refractivity contribution < 1.29 is 9.59 Å². The third-order valence-electron chi connectivity index (χ3n) is 4.77. The molecule has 6 heteroatoms. The predicted molar refractivity (Wildman–Crippen MR) is 94.9 cm³/mol. The van der Waals surface area contributed by atoms with Gasteiger partial charge in [0, 0.05) is 19.6 Å². The predicted octanol–water partition coefficient (Wildman–Crippen LogP) is 1.66. The third-order valence-corrected chi connectivity index (χ3v) is 4.77. The first-order valence-corrected chi connectivity index (χ1v) is 8.66. The van der Waals surface area contributed by atoms with Crippen molar-refractivity contribution in [3.63, 3.8) is 0 Å². The van der Waals surface area contributed by atoms with Crippen LogP contribution in [0.1, 0.15) is 26.7 Å². The Kier molecular flexibility index (Phi) is 4.76. The van der Waals surface area contributed by atoms with Gasteiger partial charge in [0.15, 0.2) is 0 Å². The van der Waals surface area contributed by atoms with Gasteiger partial charge in [0.25, 0.3) is 0 Å². The number of hydrogen-bond acceptors (Lipinski definition) is 4. The summed E-state index contributed by atoms with van der Waals surface area (Å²) in [7, 11) is 0. The van der Waals surface area contributed by atoms with Crippen molar-refractivity contribution in [3.05, 3.63) is 24.3 Å². The molecular formula is C18H26N4O2. The average molecular weight is 330 g/mol. The summed E-state index contributed by atoms with van der Waals surface area (Å²) in [4.78, 5) is 26.7. The SMILES string of the molecule is CC(C)CNC(=O)CN1CCC2(CC1)Nc1ccccc1NC2=O. The zero-order valence-corrected chi connectivity index (χ0v) is 14.4. The summed E-state index contributed by atoms with van der Waals surface area (Å²) in [6, 6.07) is 7.77. The van der Waals surface area contributed by atoms with E-state index in [1.54, 1.807) is 0 Å². The van der Waals surface area contributed by atoms with Gasteiger partial charge in [0.05, 0.1) is 17.9 Å². The molecule has 2 aliphatic rings. The van der Waals surface area contributed by atoms with Crippen LogP contribution in [0.15, 0.2) is 24.3 Å². The van der Waals surface area contributed by atoms with Crippen LogP contribution in [0.5, 0.6) is 0 Å². The van der Waals surface area contributed by atoms with Gasteiger partial charge in [-0.1, -0.05) is 26.0 Å². The highest BCUT2D eigenvalue weighted by Crippen LogP contribution is 2.36.